The molecule has 28 heavy (non-hydrogen) atoms. The summed E-state index contributed by atoms with van der Waals surface area (Å²) in [6.45, 7) is 6.45. The minimum absolute atomic E-state index is 0.0643. The highest BCUT2D eigenvalue weighted by atomic mass is 16.5. The fraction of sp³-hybridized carbons (Fsp3) is 0.217. The largest absolute Gasteiger partial charge is 0.480 e. The summed E-state index contributed by atoms with van der Waals surface area (Å²) in [5.74, 6) is 0.397. The maximum absolute atomic E-state index is 12.5. The number of amides is 1. The van der Waals surface area contributed by atoms with Gasteiger partial charge in [-0.25, -0.2) is 4.98 Å². The molecule has 5 heteroatoms. The topological polar surface area (TPSA) is 63.2 Å². The number of benzene rings is 2. The molecule has 0 aliphatic heterocycles. The summed E-state index contributed by atoms with van der Waals surface area (Å²) in [5.41, 5.74) is 4.28. The van der Waals surface area contributed by atoms with Crippen LogP contribution in [-0.4, -0.2) is 18.0 Å². The van der Waals surface area contributed by atoms with E-state index in [1.54, 1.807) is 13.3 Å². The second kappa shape index (κ2) is 8.13. The van der Waals surface area contributed by atoms with Crippen LogP contribution in [0, 0.1) is 0 Å². The Kier molecular flexibility index (Phi) is 5.64. The fourth-order valence-corrected chi connectivity index (χ4v) is 2.77. The number of rotatable bonds is 5. The molecule has 1 amide bonds. The van der Waals surface area contributed by atoms with Crippen LogP contribution in [0.1, 0.15) is 36.7 Å². The zero-order valence-corrected chi connectivity index (χ0v) is 16.6. The third kappa shape index (κ3) is 4.68. The zero-order valence-electron chi connectivity index (χ0n) is 16.6. The van der Waals surface area contributed by atoms with Gasteiger partial charge in [0.1, 0.15) is 5.69 Å². The summed E-state index contributed by atoms with van der Waals surface area (Å²) in [6.07, 6.45) is 1.68. The molecule has 0 saturated carbocycles. The smallest absolute Gasteiger partial charge is 0.255 e. The SMILES string of the molecule is COc1ncccc1Nc1ccc(NC(=O)c2ccc(C(C)(C)C)cc2)cc1. The molecule has 144 valence electrons. The Labute approximate surface area is 165 Å². The van der Waals surface area contributed by atoms with Gasteiger partial charge in [-0.2, -0.15) is 0 Å². The number of carbonyl (C=O) groups is 1. The predicted molar refractivity (Wildman–Crippen MR) is 114 cm³/mol. The number of pyridine rings is 1. The molecule has 3 aromatic rings. The Hall–Kier alpha value is -3.34. The molecule has 3 rings (SSSR count). The number of hydrogen-bond donors (Lipinski definition) is 2. The van der Waals surface area contributed by atoms with Crippen molar-refractivity contribution < 1.29 is 9.53 Å². The lowest BCUT2D eigenvalue weighted by Crippen LogP contribution is -2.14. The van der Waals surface area contributed by atoms with Crippen molar-refractivity contribution in [3.63, 3.8) is 0 Å². The van der Waals surface area contributed by atoms with E-state index in [9.17, 15) is 4.79 Å². The molecule has 0 saturated heterocycles. The van der Waals surface area contributed by atoms with Crippen molar-refractivity contribution in [2.24, 2.45) is 0 Å². The molecular formula is C23H25N3O2. The predicted octanol–water partition coefficient (Wildman–Crippen LogP) is 5.38. The number of carbonyl (C=O) groups excluding carboxylic acids is 1. The van der Waals surface area contributed by atoms with Crippen molar-refractivity contribution in [3.8, 4) is 5.88 Å². The van der Waals surface area contributed by atoms with Crippen LogP contribution in [0.3, 0.4) is 0 Å². The Morgan fingerprint density at radius 2 is 1.57 bits per heavy atom. The number of nitrogens with zero attached hydrogens (tertiary/aromatic N) is 1. The highest BCUT2D eigenvalue weighted by Gasteiger charge is 2.14. The number of hydrogen-bond acceptors (Lipinski definition) is 4. The first-order chi connectivity index (χ1) is 13.4. The van der Waals surface area contributed by atoms with E-state index in [1.165, 1.54) is 5.56 Å². The second-order valence-electron chi connectivity index (χ2n) is 7.54. The Balaban J connectivity index is 1.66. The quantitative estimate of drug-likeness (QED) is 0.628. The first kappa shape index (κ1) is 19.4. The van der Waals surface area contributed by atoms with E-state index >= 15 is 0 Å². The summed E-state index contributed by atoms with van der Waals surface area (Å²) in [4.78, 5) is 16.6. The van der Waals surface area contributed by atoms with Gasteiger partial charge >= 0.3 is 0 Å². The molecule has 0 unspecified atom stereocenters. The molecule has 0 fully saturated rings. The fourth-order valence-electron chi connectivity index (χ4n) is 2.77. The van der Waals surface area contributed by atoms with Crippen molar-refractivity contribution >= 4 is 23.0 Å². The highest BCUT2D eigenvalue weighted by Crippen LogP contribution is 2.26. The van der Waals surface area contributed by atoms with Crippen LogP contribution in [0.2, 0.25) is 0 Å². The number of anilines is 3. The highest BCUT2D eigenvalue weighted by molar-refractivity contribution is 6.04. The standard InChI is InChI=1S/C23H25N3O2/c1-23(2,3)17-9-7-16(8-10-17)21(27)26-19-13-11-18(12-14-19)25-20-6-5-15-24-22(20)28-4/h5-15,25H,1-4H3,(H,26,27). The van der Waals surface area contributed by atoms with Gasteiger partial charge in [-0.05, 0) is 59.5 Å². The van der Waals surface area contributed by atoms with Gasteiger partial charge < -0.3 is 15.4 Å². The van der Waals surface area contributed by atoms with E-state index in [0.717, 1.165) is 17.1 Å². The molecule has 1 heterocycles. The average Bonchev–Trinajstić information content (AvgIpc) is 2.69. The normalized spacial score (nSPS) is 11.0. The Morgan fingerprint density at radius 1 is 0.929 bits per heavy atom. The molecule has 2 N–H and O–H groups in total. The molecule has 0 radical (unpaired) electrons. The monoisotopic (exact) mass is 375 g/mol. The number of nitrogens with one attached hydrogen (secondary N) is 2. The first-order valence-corrected chi connectivity index (χ1v) is 9.15. The Bertz CT molecular complexity index is 943. The van der Waals surface area contributed by atoms with E-state index in [2.05, 4.69) is 36.4 Å². The maximum atomic E-state index is 12.5. The molecule has 0 aliphatic rings. The van der Waals surface area contributed by atoms with Crippen LogP contribution in [0.4, 0.5) is 17.1 Å². The lowest BCUT2D eigenvalue weighted by Gasteiger charge is -2.19. The van der Waals surface area contributed by atoms with Crippen molar-refractivity contribution in [1.82, 2.24) is 4.98 Å². The van der Waals surface area contributed by atoms with Crippen LogP contribution in [0.5, 0.6) is 5.88 Å². The minimum Gasteiger partial charge on any atom is -0.480 e. The molecular weight excluding hydrogens is 350 g/mol. The molecule has 0 bridgehead atoms. The summed E-state index contributed by atoms with van der Waals surface area (Å²) in [7, 11) is 1.58. The van der Waals surface area contributed by atoms with E-state index in [1.807, 2.05) is 60.7 Å². The lowest BCUT2D eigenvalue weighted by molar-refractivity contribution is 0.102. The third-order valence-electron chi connectivity index (χ3n) is 4.40. The Morgan fingerprint density at radius 3 is 2.18 bits per heavy atom. The van der Waals surface area contributed by atoms with Crippen LogP contribution in [0.15, 0.2) is 66.9 Å². The summed E-state index contributed by atoms with van der Waals surface area (Å²) >= 11 is 0. The first-order valence-electron chi connectivity index (χ1n) is 9.15. The van der Waals surface area contributed by atoms with Crippen LogP contribution in [0.25, 0.3) is 0 Å². The minimum atomic E-state index is -0.130. The van der Waals surface area contributed by atoms with E-state index < -0.39 is 0 Å². The summed E-state index contributed by atoms with van der Waals surface area (Å²) in [5, 5.41) is 6.18. The molecule has 0 aliphatic carbocycles. The second-order valence-corrected chi connectivity index (χ2v) is 7.54. The zero-order chi connectivity index (χ0) is 20.1. The average molecular weight is 375 g/mol. The van der Waals surface area contributed by atoms with Crippen molar-refractivity contribution in [2.45, 2.75) is 26.2 Å². The summed E-state index contributed by atoms with van der Waals surface area (Å²) in [6, 6.07) is 19.0. The molecule has 0 spiro atoms. The molecule has 2 aromatic carbocycles. The van der Waals surface area contributed by atoms with Gasteiger partial charge in [0.05, 0.1) is 7.11 Å². The van der Waals surface area contributed by atoms with Gasteiger partial charge in [-0.15, -0.1) is 0 Å². The van der Waals surface area contributed by atoms with Crippen LogP contribution >= 0.6 is 0 Å². The van der Waals surface area contributed by atoms with Crippen molar-refractivity contribution in [1.29, 1.82) is 0 Å². The number of methoxy groups -OCH3 is 1. The van der Waals surface area contributed by atoms with Gasteiger partial charge in [0.2, 0.25) is 5.88 Å². The molecule has 0 atom stereocenters. The molecule has 5 nitrogen and oxygen atoms in total. The van der Waals surface area contributed by atoms with Crippen molar-refractivity contribution in [2.75, 3.05) is 17.7 Å². The van der Waals surface area contributed by atoms with E-state index in [4.69, 9.17) is 4.74 Å². The van der Waals surface area contributed by atoms with Gasteiger partial charge in [0, 0.05) is 23.1 Å². The summed E-state index contributed by atoms with van der Waals surface area (Å²) < 4.78 is 5.24. The van der Waals surface area contributed by atoms with Gasteiger partial charge in [0.15, 0.2) is 0 Å². The van der Waals surface area contributed by atoms with Crippen LogP contribution in [-0.2, 0) is 5.41 Å². The maximum Gasteiger partial charge on any atom is 0.255 e. The third-order valence-corrected chi connectivity index (χ3v) is 4.40. The van der Waals surface area contributed by atoms with Crippen molar-refractivity contribution in [3.05, 3.63) is 78.0 Å². The molecule has 1 aromatic heterocycles. The van der Waals surface area contributed by atoms with E-state index in [0.29, 0.717) is 11.4 Å². The van der Waals surface area contributed by atoms with Gasteiger partial charge in [-0.1, -0.05) is 32.9 Å². The van der Waals surface area contributed by atoms with Gasteiger partial charge in [-0.3, -0.25) is 4.79 Å². The van der Waals surface area contributed by atoms with E-state index in [-0.39, 0.29) is 11.3 Å². The number of aromatic nitrogens is 1. The van der Waals surface area contributed by atoms with Gasteiger partial charge in [0.25, 0.3) is 5.91 Å². The lowest BCUT2D eigenvalue weighted by atomic mass is 9.87. The number of ether oxygens (including phenoxy) is 1. The van der Waals surface area contributed by atoms with Crippen LogP contribution < -0.4 is 15.4 Å².